The van der Waals surface area contributed by atoms with E-state index in [0.717, 1.165) is 0 Å². The number of benzene rings is 1. The molecule has 0 radical (unpaired) electrons. The number of phenolic OH excluding ortho intramolecular Hbond substituents is 1. The first-order valence-corrected chi connectivity index (χ1v) is 3.29. The molecule has 4 heteroatoms. The van der Waals surface area contributed by atoms with Crippen LogP contribution in [0.15, 0.2) is 24.3 Å². The lowest BCUT2D eigenvalue weighted by atomic mass is 10.1. The summed E-state index contributed by atoms with van der Waals surface area (Å²) in [6.07, 6.45) is -1.68. The zero-order valence-electron chi connectivity index (χ0n) is 6.10. The molecule has 12 heavy (non-hydrogen) atoms. The van der Waals surface area contributed by atoms with Crippen molar-refractivity contribution >= 4 is 5.97 Å². The highest BCUT2D eigenvalue weighted by atomic mass is 16.4. The largest absolute Gasteiger partial charge is 0.547 e. The maximum absolute atomic E-state index is 10.2. The van der Waals surface area contributed by atoms with Gasteiger partial charge in [0.25, 0.3) is 0 Å². The van der Waals surface area contributed by atoms with Gasteiger partial charge >= 0.3 is 0 Å². The smallest absolute Gasteiger partial charge is 0.118 e. The van der Waals surface area contributed by atoms with E-state index in [1.165, 1.54) is 24.3 Å². The predicted octanol–water partition coefficient (Wildman–Crippen LogP) is -0.825. The molecule has 0 unspecified atom stereocenters. The van der Waals surface area contributed by atoms with E-state index in [1.807, 2.05) is 0 Å². The third-order valence-corrected chi connectivity index (χ3v) is 1.41. The molecule has 0 spiro atoms. The number of carbonyl (C=O) groups is 1. The molecule has 0 aliphatic rings. The highest BCUT2D eigenvalue weighted by Crippen LogP contribution is 2.17. The van der Waals surface area contributed by atoms with Gasteiger partial charge in [0.1, 0.15) is 11.9 Å². The van der Waals surface area contributed by atoms with Crippen LogP contribution in [0, 0.1) is 0 Å². The van der Waals surface area contributed by atoms with Crippen LogP contribution in [0.1, 0.15) is 11.7 Å². The molecule has 1 atom stereocenters. The van der Waals surface area contributed by atoms with Crippen LogP contribution in [-0.4, -0.2) is 16.2 Å². The summed E-state index contributed by atoms with van der Waals surface area (Å²) in [6.45, 7) is 0. The number of phenols is 1. The van der Waals surface area contributed by atoms with Crippen molar-refractivity contribution in [1.82, 2.24) is 0 Å². The molecule has 0 amide bonds. The molecule has 0 saturated heterocycles. The van der Waals surface area contributed by atoms with Gasteiger partial charge in [0.15, 0.2) is 0 Å². The van der Waals surface area contributed by atoms with Crippen molar-refractivity contribution in [3.05, 3.63) is 29.8 Å². The van der Waals surface area contributed by atoms with Crippen LogP contribution < -0.4 is 5.11 Å². The second-order valence-corrected chi connectivity index (χ2v) is 2.32. The van der Waals surface area contributed by atoms with Crippen molar-refractivity contribution in [3.63, 3.8) is 0 Å². The number of aliphatic carboxylic acids is 1. The Morgan fingerprint density at radius 1 is 1.50 bits per heavy atom. The molecule has 0 saturated carbocycles. The van der Waals surface area contributed by atoms with Gasteiger partial charge < -0.3 is 20.1 Å². The highest BCUT2D eigenvalue weighted by molar-refractivity contribution is 5.72. The third kappa shape index (κ3) is 1.73. The SMILES string of the molecule is O=C([O-])[C@@H](O)c1cccc(O)c1. The Morgan fingerprint density at radius 2 is 2.17 bits per heavy atom. The molecular formula is C8H7O4-. The molecule has 0 fully saturated rings. The molecule has 0 aliphatic carbocycles. The van der Waals surface area contributed by atoms with Crippen molar-refractivity contribution in [2.24, 2.45) is 0 Å². The summed E-state index contributed by atoms with van der Waals surface area (Å²) < 4.78 is 0. The van der Waals surface area contributed by atoms with Crippen molar-refractivity contribution in [2.45, 2.75) is 6.10 Å². The van der Waals surface area contributed by atoms with Gasteiger partial charge in [0, 0.05) is 0 Å². The standard InChI is InChI=1S/C8H8O4/c9-6-3-1-2-5(4-6)7(10)8(11)12/h1-4,7,9-10H,(H,11,12)/p-1/t7-/m0/s1. The molecule has 0 bridgehead atoms. The summed E-state index contributed by atoms with van der Waals surface area (Å²) in [5, 5.41) is 28.0. The van der Waals surface area contributed by atoms with Crippen molar-refractivity contribution in [1.29, 1.82) is 0 Å². The molecule has 1 aromatic rings. The zero-order chi connectivity index (χ0) is 9.14. The predicted molar refractivity (Wildman–Crippen MR) is 38.1 cm³/mol. The van der Waals surface area contributed by atoms with Crippen molar-refractivity contribution < 1.29 is 20.1 Å². The monoisotopic (exact) mass is 167 g/mol. The van der Waals surface area contributed by atoms with Gasteiger partial charge in [-0.1, -0.05) is 12.1 Å². The van der Waals surface area contributed by atoms with Crippen LogP contribution in [0.5, 0.6) is 5.75 Å². The molecular weight excluding hydrogens is 160 g/mol. The summed E-state index contributed by atoms with van der Waals surface area (Å²) in [6, 6.07) is 5.38. The third-order valence-electron chi connectivity index (χ3n) is 1.41. The van der Waals surface area contributed by atoms with Crippen LogP contribution in [0.3, 0.4) is 0 Å². The average molecular weight is 167 g/mol. The van der Waals surface area contributed by atoms with Crippen LogP contribution in [0.25, 0.3) is 0 Å². The lowest BCUT2D eigenvalue weighted by Gasteiger charge is -2.11. The quantitative estimate of drug-likeness (QED) is 0.602. The first-order chi connectivity index (χ1) is 5.61. The van der Waals surface area contributed by atoms with Crippen LogP contribution in [0.4, 0.5) is 0 Å². The number of aliphatic hydroxyl groups is 1. The van der Waals surface area contributed by atoms with Gasteiger partial charge in [-0.2, -0.15) is 0 Å². The molecule has 0 aliphatic heterocycles. The van der Waals surface area contributed by atoms with Gasteiger partial charge in [-0.05, 0) is 17.7 Å². The Labute approximate surface area is 68.7 Å². The second-order valence-electron chi connectivity index (χ2n) is 2.32. The van der Waals surface area contributed by atoms with E-state index in [4.69, 9.17) is 10.2 Å². The van der Waals surface area contributed by atoms with Crippen LogP contribution in [0.2, 0.25) is 0 Å². The Kier molecular flexibility index (Phi) is 2.30. The number of aliphatic hydroxyl groups excluding tert-OH is 1. The van der Waals surface area contributed by atoms with E-state index in [2.05, 4.69) is 0 Å². The summed E-state index contributed by atoms with van der Waals surface area (Å²) in [5.74, 6) is -1.67. The first kappa shape index (κ1) is 8.55. The van der Waals surface area contributed by atoms with Gasteiger partial charge in [0.2, 0.25) is 0 Å². The minimum atomic E-state index is -1.68. The highest BCUT2D eigenvalue weighted by Gasteiger charge is 2.07. The molecule has 1 rings (SSSR count). The van der Waals surface area contributed by atoms with E-state index < -0.39 is 12.1 Å². The molecule has 1 aromatic carbocycles. The normalized spacial score (nSPS) is 12.4. The molecule has 0 heterocycles. The van der Waals surface area contributed by atoms with Crippen LogP contribution in [-0.2, 0) is 4.79 Å². The number of hydrogen-bond acceptors (Lipinski definition) is 4. The van der Waals surface area contributed by atoms with Gasteiger partial charge in [0.05, 0.1) is 5.97 Å². The number of rotatable bonds is 2. The Morgan fingerprint density at radius 3 is 2.67 bits per heavy atom. The van der Waals surface area contributed by atoms with E-state index in [1.54, 1.807) is 0 Å². The van der Waals surface area contributed by atoms with Gasteiger partial charge in [-0.25, -0.2) is 0 Å². The maximum atomic E-state index is 10.2. The van der Waals surface area contributed by atoms with E-state index >= 15 is 0 Å². The average Bonchev–Trinajstić information content (AvgIpc) is 2.03. The Bertz CT molecular complexity index is 295. The molecule has 4 nitrogen and oxygen atoms in total. The molecule has 2 N–H and O–H groups in total. The number of aromatic hydroxyl groups is 1. The lowest BCUT2D eigenvalue weighted by Crippen LogP contribution is -2.29. The van der Waals surface area contributed by atoms with Gasteiger partial charge in [-0.15, -0.1) is 0 Å². The zero-order valence-corrected chi connectivity index (χ0v) is 6.10. The second kappa shape index (κ2) is 3.23. The van der Waals surface area contributed by atoms with E-state index in [0.29, 0.717) is 0 Å². The fraction of sp³-hybridized carbons (Fsp3) is 0.125. The topological polar surface area (TPSA) is 80.6 Å². The summed E-state index contributed by atoms with van der Waals surface area (Å²) in [4.78, 5) is 10.2. The van der Waals surface area contributed by atoms with E-state index in [9.17, 15) is 9.90 Å². The first-order valence-electron chi connectivity index (χ1n) is 3.29. The number of hydrogen-bond donors (Lipinski definition) is 2. The van der Waals surface area contributed by atoms with Crippen molar-refractivity contribution in [2.75, 3.05) is 0 Å². The summed E-state index contributed by atoms with van der Waals surface area (Å²) in [7, 11) is 0. The number of carbonyl (C=O) groups excluding carboxylic acids is 1. The number of carboxylic acids is 1. The van der Waals surface area contributed by atoms with Gasteiger partial charge in [-0.3, -0.25) is 0 Å². The Balaban J connectivity index is 2.95. The van der Waals surface area contributed by atoms with Crippen molar-refractivity contribution in [3.8, 4) is 5.75 Å². The molecule has 0 aromatic heterocycles. The van der Waals surface area contributed by atoms with Crippen LogP contribution >= 0.6 is 0 Å². The Hall–Kier alpha value is -1.55. The maximum Gasteiger partial charge on any atom is 0.118 e. The lowest BCUT2D eigenvalue weighted by molar-refractivity contribution is -0.315. The minimum Gasteiger partial charge on any atom is -0.547 e. The summed E-state index contributed by atoms with van der Waals surface area (Å²) in [5.41, 5.74) is 0.106. The molecule has 64 valence electrons. The minimum absolute atomic E-state index is 0.0900. The summed E-state index contributed by atoms with van der Waals surface area (Å²) >= 11 is 0. The van der Waals surface area contributed by atoms with E-state index in [-0.39, 0.29) is 11.3 Å². The number of carboxylic acid groups (broad SMARTS) is 1. The fourth-order valence-corrected chi connectivity index (χ4v) is 0.831. The fourth-order valence-electron chi connectivity index (χ4n) is 0.831.